The van der Waals surface area contributed by atoms with E-state index in [4.69, 9.17) is 0 Å². The van der Waals surface area contributed by atoms with Crippen LogP contribution in [-0.2, 0) is 10.0 Å². The third kappa shape index (κ3) is 4.66. The highest BCUT2D eigenvalue weighted by Gasteiger charge is 2.17. The molecule has 0 unspecified atom stereocenters. The van der Waals surface area contributed by atoms with Gasteiger partial charge in [0, 0.05) is 11.3 Å². The van der Waals surface area contributed by atoms with Crippen molar-refractivity contribution < 1.29 is 13.2 Å². The smallest absolute Gasteiger partial charge is 0.261 e. The molecule has 0 aromatic heterocycles. The molecule has 0 saturated heterocycles. The zero-order chi connectivity index (χ0) is 21.2. The molecule has 2 N–H and O–H groups in total. The van der Waals surface area contributed by atoms with Crippen LogP contribution in [0, 0.1) is 27.7 Å². The number of benzene rings is 3. The molecule has 0 heterocycles. The Balaban J connectivity index is 1.88. The summed E-state index contributed by atoms with van der Waals surface area (Å²) in [5.74, 6) is -0.291. The Morgan fingerprint density at radius 2 is 1.41 bits per heavy atom. The van der Waals surface area contributed by atoms with Crippen molar-refractivity contribution in [1.82, 2.24) is 0 Å². The second kappa shape index (κ2) is 8.09. The standard InChI is InChI=1S/C23H24N2O3S/c1-15-12-17(3)22(18(4)13-15)24-23(26)19-11-10-16(2)21(14-19)25-29(27,28)20-8-6-5-7-9-20/h5-14,25H,1-4H3,(H,24,26). The van der Waals surface area contributed by atoms with Crippen LogP contribution < -0.4 is 10.0 Å². The highest BCUT2D eigenvalue weighted by molar-refractivity contribution is 7.92. The van der Waals surface area contributed by atoms with Crippen LogP contribution in [-0.4, -0.2) is 14.3 Å². The van der Waals surface area contributed by atoms with Gasteiger partial charge < -0.3 is 5.32 Å². The molecule has 5 nitrogen and oxygen atoms in total. The largest absolute Gasteiger partial charge is 0.322 e. The van der Waals surface area contributed by atoms with Crippen molar-refractivity contribution in [2.75, 3.05) is 10.0 Å². The van der Waals surface area contributed by atoms with Gasteiger partial charge in [0.15, 0.2) is 0 Å². The second-order valence-electron chi connectivity index (χ2n) is 7.18. The SMILES string of the molecule is Cc1cc(C)c(NC(=O)c2ccc(C)c(NS(=O)(=O)c3ccccc3)c2)c(C)c1. The van der Waals surface area contributed by atoms with Gasteiger partial charge in [0.1, 0.15) is 0 Å². The number of anilines is 2. The van der Waals surface area contributed by atoms with Gasteiger partial charge in [0.25, 0.3) is 15.9 Å². The van der Waals surface area contributed by atoms with Crippen molar-refractivity contribution in [2.24, 2.45) is 0 Å². The number of nitrogens with one attached hydrogen (secondary N) is 2. The highest BCUT2D eigenvalue weighted by atomic mass is 32.2. The van der Waals surface area contributed by atoms with Gasteiger partial charge in [0.05, 0.1) is 10.6 Å². The molecular weight excluding hydrogens is 384 g/mol. The van der Waals surface area contributed by atoms with Gasteiger partial charge in [-0.25, -0.2) is 8.42 Å². The first-order valence-electron chi connectivity index (χ1n) is 9.25. The quantitative estimate of drug-likeness (QED) is 0.626. The minimum Gasteiger partial charge on any atom is -0.322 e. The summed E-state index contributed by atoms with van der Waals surface area (Å²) in [5.41, 5.74) is 5.34. The summed E-state index contributed by atoms with van der Waals surface area (Å²) >= 11 is 0. The summed E-state index contributed by atoms with van der Waals surface area (Å²) in [6.45, 7) is 7.70. The summed E-state index contributed by atoms with van der Waals surface area (Å²) < 4.78 is 27.9. The number of carbonyl (C=O) groups is 1. The molecule has 0 fully saturated rings. The lowest BCUT2D eigenvalue weighted by Gasteiger charge is -2.15. The lowest BCUT2D eigenvalue weighted by Crippen LogP contribution is -2.16. The first kappa shape index (κ1) is 20.6. The van der Waals surface area contributed by atoms with Crippen LogP contribution in [0.15, 0.2) is 65.6 Å². The van der Waals surface area contributed by atoms with E-state index in [1.807, 2.05) is 32.9 Å². The fourth-order valence-electron chi connectivity index (χ4n) is 3.24. The Hall–Kier alpha value is -3.12. The third-order valence-electron chi connectivity index (χ3n) is 4.71. The van der Waals surface area contributed by atoms with Gasteiger partial charge in [-0.1, -0.05) is 42.0 Å². The van der Waals surface area contributed by atoms with Crippen LogP contribution >= 0.6 is 0 Å². The molecule has 0 bridgehead atoms. The molecule has 3 aromatic rings. The zero-order valence-electron chi connectivity index (χ0n) is 16.9. The number of aryl methyl sites for hydroxylation is 4. The normalized spacial score (nSPS) is 11.2. The van der Waals surface area contributed by atoms with Gasteiger partial charge in [-0.2, -0.15) is 0 Å². The maximum absolute atomic E-state index is 12.8. The predicted molar refractivity (Wildman–Crippen MR) is 117 cm³/mol. The van der Waals surface area contributed by atoms with E-state index < -0.39 is 10.0 Å². The van der Waals surface area contributed by atoms with Crippen molar-refractivity contribution >= 4 is 27.3 Å². The molecule has 0 saturated carbocycles. The van der Waals surface area contributed by atoms with Crippen LogP contribution in [0.3, 0.4) is 0 Å². The van der Waals surface area contributed by atoms with E-state index in [-0.39, 0.29) is 10.8 Å². The Labute approximate surface area is 171 Å². The van der Waals surface area contributed by atoms with Crippen LogP contribution in [0.5, 0.6) is 0 Å². The lowest BCUT2D eigenvalue weighted by molar-refractivity contribution is 0.102. The summed E-state index contributed by atoms with van der Waals surface area (Å²) in [6.07, 6.45) is 0. The molecular formula is C23H24N2O3S. The van der Waals surface area contributed by atoms with Crippen molar-refractivity contribution in [3.63, 3.8) is 0 Å². The summed E-state index contributed by atoms with van der Waals surface area (Å²) in [4.78, 5) is 13.0. The maximum atomic E-state index is 12.8. The Kier molecular flexibility index (Phi) is 5.75. The molecule has 0 atom stereocenters. The van der Waals surface area contributed by atoms with Crippen LogP contribution in [0.25, 0.3) is 0 Å². The Bertz CT molecular complexity index is 1150. The lowest BCUT2D eigenvalue weighted by atomic mass is 10.0. The minimum atomic E-state index is -3.74. The number of rotatable bonds is 5. The fraction of sp³-hybridized carbons (Fsp3) is 0.174. The van der Waals surface area contributed by atoms with Crippen LogP contribution in [0.1, 0.15) is 32.6 Å². The number of amides is 1. The monoisotopic (exact) mass is 408 g/mol. The molecule has 150 valence electrons. The van der Waals surface area contributed by atoms with Gasteiger partial charge >= 0.3 is 0 Å². The molecule has 1 amide bonds. The summed E-state index contributed by atoms with van der Waals surface area (Å²) in [6, 6.07) is 17.1. The molecule has 0 radical (unpaired) electrons. The minimum absolute atomic E-state index is 0.167. The van der Waals surface area contributed by atoms with E-state index in [2.05, 4.69) is 10.0 Å². The zero-order valence-corrected chi connectivity index (χ0v) is 17.7. The average Bonchev–Trinajstić information content (AvgIpc) is 2.66. The van der Waals surface area contributed by atoms with E-state index in [1.165, 1.54) is 12.1 Å². The Morgan fingerprint density at radius 1 is 0.793 bits per heavy atom. The molecule has 3 aromatic carbocycles. The number of sulfonamides is 1. The van der Waals surface area contributed by atoms with E-state index >= 15 is 0 Å². The number of hydrogen-bond acceptors (Lipinski definition) is 3. The first-order valence-corrected chi connectivity index (χ1v) is 10.7. The first-order chi connectivity index (χ1) is 13.7. The number of hydrogen-bond donors (Lipinski definition) is 2. The van der Waals surface area contributed by atoms with Crippen molar-refractivity contribution in [1.29, 1.82) is 0 Å². The summed E-state index contributed by atoms with van der Waals surface area (Å²) in [7, 11) is -3.74. The van der Waals surface area contributed by atoms with Gasteiger partial charge in [0.2, 0.25) is 0 Å². The molecule has 0 spiro atoms. The number of carbonyl (C=O) groups excluding carboxylic acids is 1. The van der Waals surface area contributed by atoms with Crippen molar-refractivity contribution in [2.45, 2.75) is 32.6 Å². The molecule has 0 aliphatic heterocycles. The molecule has 6 heteroatoms. The van der Waals surface area contributed by atoms with Gasteiger partial charge in [-0.3, -0.25) is 9.52 Å². The third-order valence-corrected chi connectivity index (χ3v) is 6.09. The molecule has 0 aliphatic carbocycles. The predicted octanol–water partition coefficient (Wildman–Crippen LogP) is 4.97. The topological polar surface area (TPSA) is 75.3 Å². The van der Waals surface area contributed by atoms with E-state index in [1.54, 1.807) is 43.3 Å². The summed E-state index contributed by atoms with van der Waals surface area (Å²) in [5, 5.41) is 2.95. The molecule has 3 rings (SSSR count). The van der Waals surface area contributed by atoms with Gasteiger partial charge in [-0.15, -0.1) is 0 Å². The second-order valence-corrected chi connectivity index (χ2v) is 8.86. The maximum Gasteiger partial charge on any atom is 0.261 e. The van der Waals surface area contributed by atoms with Crippen molar-refractivity contribution in [3.05, 3.63) is 88.5 Å². The Morgan fingerprint density at radius 3 is 2.03 bits per heavy atom. The molecule has 0 aliphatic rings. The highest BCUT2D eigenvalue weighted by Crippen LogP contribution is 2.25. The van der Waals surface area contributed by atoms with Crippen molar-refractivity contribution in [3.8, 4) is 0 Å². The van der Waals surface area contributed by atoms with E-state index in [0.717, 1.165) is 27.9 Å². The fourth-order valence-corrected chi connectivity index (χ4v) is 4.38. The van der Waals surface area contributed by atoms with Gasteiger partial charge in [-0.05, 0) is 68.7 Å². The molecule has 29 heavy (non-hydrogen) atoms. The van der Waals surface area contributed by atoms with E-state index in [9.17, 15) is 13.2 Å². The van der Waals surface area contributed by atoms with Crippen LogP contribution in [0.2, 0.25) is 0 Å². The van der Waals surface area contributed by atoms with Crippen LogP contribution in [0.4, 0.5) is 11.4 Å². The average molecular weight is 409 g/mol. The van der Waals surface area contributed by atoms with E-state index in [0.29, 0.717) is 11.3 Å².